The molecule has 0 atom stereocenters. The molecule has 0 radical (unpaired) electrons. The van der Waals surface area contributed by atoms with Gasteiger partial charge in [-0.05, 0) is 25.0 Å². The van der Waals surface area contributed by atoms with Crippen molar-refractivity contribution in [3.63, 3.8) is 0 Å². The average Bonchev–Trinajstić information content (AvgIpc) is 3.24. The van der Waals surface area contributed by atoms with Gasteiger partial charge >= 0.3 is 0 Å². The van der Waals surface area contributed by atoms with Crippen LogP contribution in [0.4, 0.5) is 5.69 Å². The number of rotatable bonds is 7. The van der Waals surface area contributed by atoms with Crippen LogP contribution in [0.15, 0.2) is 24.3 Å². The highest BCUT2D eigenvalue weighted by molar-refractivity contribution is 5.77. The van der Waals surface area contributed by atoms with Crippen molar-refractivity contribution in [2.75, 3.05) is 19.8 Å². The Morgan fingerprint density at radius 1 is 1.40 bits per heavy atom. The van der Waals surface area contributed by atoms with Crippen molar-refractivity contribution in [2.24, 2.45) is 5.41 Å². The van der Waals surface area contributed by atoms with E-state index >= 15 is 0 Å². The molecule has 2 N–H and O–H groups in total. The molecule has 1 aliphatic carbocycles. The smallest absolute Gasteiger partial charge is 0.269 e. The molecule has 7 nitrogen and oxygen atoms in total. The molecule has 1 fully saturated rings. The molecule has 108 valence electrons. The van der Waals surface area contributed by atoms with Gasteiger partial charge in [-0.1, -0.05) is 0 Å². The van der Waals surface area contributed by atoms with Crippen LogP contribution in [0.3, 0.4) is 0 Å². The molecule has 0 aromatic heterocycles. The van der Waals surface area contributed by atoms with E-state index in [2.05, 4.69) is 5.32 Å². The van der Waals surface area contributed by atoms with E-state index in [1.54, 1.807) is 0 Å². The molecule has 0 aliphatic heterocycles. The van der Waals surface area contributed by atoms with Gasteiger partial charge in [0.2, 0.25) is 0 Å². The van der Waals surface area contributed by atoms with Crippen LogP contribution in [0.25, 0.3) is 0 Å². The Morgan fingerprint density at radius 2 is 2.05 bits per heavy atom. The van der Waals surface area contributed by atoms with Crippen LogP contribution < -0.4 is 10.1 Å². The van der Waals surface area contributed by atoms with E-state index in [9.17, 15) is 14.9 Å². The molecule has 1 aliphatic rings. The maximum Gasteiger partial charge on any atom is 0.269 e. The third kappa shape index (κ3) is 3.67. The van der Waals surface area contributed by atoms with Crippen LogP contribution in [-0.2, 0) is 4.79 Å². The summed E-state index contributed by atoms with van der Waals surface area (Å²) in [5.74, 6) is 0.122. The molecule has 1 aromatic rings. The summed E-state index contributed by atoms with van der Waals surface area (Å²) >= 11 is 0. The largest absolute Gasteiger partial charge is 0.484 e. The SMILES string of the molecule is O=C(COc1ccc([N+](=O)[O-])cc1)NCC1(CO)CC1. The second-order valence-corrected chi connectivity index (χ2v) is 4.97. The number of aliphatic hydroxyl groups is 1. The fraction of sp³-hybridized carbons (Fsp3) is 0.462. The second kappa shape index (κ2) is 5.87. The average molecular weight is 280 g/mol. The van der Waals surface area contributed by atoms with Crippen molar-refractivity contribution < 1.29 is 19.6 Å². The van der Waals surface area contributed by atoms with Crippen LogP contribution in [0, 0.1) is 15.5 Å². The van der Waals surface area contributed by atoms with Crippen molar-refractivity contribution in [1.29, 1.82) is 0 Å². The minimum Gasteiger partial charge on any atom is -0.484 e. The van der Waals surface area contributed by atoms with E-state index in [1.165, 1.54) is 24.3 Å². The first-order valence-corrected chi connectivity index (χ1v) is 6.29. The van der Waals surface area contributed by atoms with Crippen LogP contribution in [-0.4, -0.2) is 35.7 Å². The molecule has 0 unspecified atom stereocenters. The Balaban J connectivity index is 1.74. The minimum atomic E-state index is -0.500. The van der Waals surface area contributed by atoms with Gasteiger partial charge in [-0.2, -0.15) is 0 Å². The number of carbonyl (C=O) groups excluding carboxylic acids is 1. The maximum atomic E-state index is 11.6. The predicted octanol–water partition coefficient (Wildman–Crippen LogP) is 0.862. The number of hydrogen-bond donors (Lipinski definition) is 2. The lowest BCUT2D eigenvalue weighted by atomic mass is 10.1. The van der Waals surface area contributed by atoms with Gasteiger partial charge in [0.15, 0.2) is 6.61 Å². The van der Waals surface area contributed by atoms with Gasteiger partial charge in [0, 0.05) is 24.1 Å². The molecule has 0 spiro atoms. The molecule has 1 saturated carbocycles. The van der Waals surface area contributed by atoms with Crippen molar-refractivity contribution in [1.82, 2.24) is 5.32 Å². The van der Waals surface area contributed by atoms with Crippen molar-refractivity contribution in [3.8, 4) is 5.75 Å². The van der Waals surface area contributed by atoms with Crippen molar-refractivity contribution in [3.05, 3.63) is 34.4 Å². The first-order valence-electron chi connectivity index (χ1n) is 6.29. The molecular formula is C13H16N2O5. The molecule has 2 rings (SSSR count). The van der Waals surface area contributed by atoms with Gasteiger partial charge < -0.3 is 15.2 Å². The lowest BCUT2D eigenvalue weighted by molar-refractivity contribution is -0.384. The van der Waals surface area contributed by atoms with E-state index < -0.39 is 4.92 Å². The standard InChI is InChI=1S/C13H16N2O5/c16-9-13(5-6-13)8-14-12(17)7-20-11-3-1-10(2-4-11)15(18)19/h1-4,16H,5-9H2,(H,14,17). The van der Waals surface area contributed by atoms with Crippen molar-refractivity contribution >= 4 is 11.6 Å². The molecule has 1 aromatic carbocycles. The number of nitro groups is 1. The number of aliphatic hydroxyl groups excluding tert-OH is 1. The summed E-state index contributed by atoms with van der Waals surface area (Å²) in [6.07, 6.45) is 1.85. The molecule has 7 heteroatoms. The molecule has 0 heterocycles. The van der Waals surface area contributed by atoms with E-state index in [1.807, 2.05) is 0 Å². The first-order chi connectivity index (χ1) is 9.54. The van der Waals surface area contributed by atoms with E-state index in [-0.39, 0.29) is 30.2 Å². The van der Waals surface area contributed by atoms with Crippen LogP contribution in [0.5, 0.6) is 5.75 Å². The van der Waals surface area contributed by atoms with Crippen LogP contribution >= 0.6 is 0 Å². The summed E-state index contributed by atoms with van der Waals surface area (Å²) in [5.41, 5.74) is -0.163. The van der Waals surface area contributed by atoms with Gasteiger partial charge in [-0.3, -0.25) is 14.9 Å². The zero-order valence-corrected chi connectivity index (χ0v) is 10.9. The number of non-ortho nitro benzene ring substituents is 1. The highest BCUT2D eigenvalue weighted by Crippen LogP contribution is 2.44. The number of carbonyl (C=O) groups is 1. The zero-order valence-electron chi connectivity index (χ0n) is 10.9. The number of benzene rings is 1. The summed E-state index contributed by atoms with van der Waals surface area (Å²) < 4.78 is 5.22. The minimum absolute atomic E-state index is 0.0274. The number of nitro benzene ring substituents is 1. The summed E-state index contributed by atoms with van der Waals surface area (Å²) in [6, 6.07) is 5.53. The highest BCUT2D eigenvalue weighted by Gasteiger charge is 2.42. The van der Waals surface area contributed by atoms with E-state index in [0.717, 1.165) is 12.8 Å². The summed E-state index contributed by atoms with van der Waals surface area (Å²) in [7, 11) is 0. The Labute approximate surface area is 115 Å². The van der Waals surface area contributed by atoms with Gasteiger partial charge in [-0.15, -0.1) is 0 Å². The molecule has 1 amide bonds. The van der Waals surface area contributed by atoms with Gasteiger partial charge in [-0.25, -0.2) is 0 Å². The molecule has 0 saturated heterocycles. The first kappa shape index (κ1) is 14.3. The number of nitrogens with zero attached hydrogens (tertiary/aromatic N) is 1. The fourth-order valence-corrected chi connectivity index (χ4v) is 1.72. The Kier molecular flexibility index (Phi) is 4.19. The lowest BCUT2D eigenvalue weighted by Crippen LogP contribution is -2.35. The second-order valence-electron chi connectivity index (χ2n) is 4.97. The Bertz CT molecular complexity index is 496. The Hall–Kier alpha value is -2.15. The highest BCUT2D eigenvalue weighted by atomic mass is 16.6. The lowest BCUT2D eigenvalue weighted by Gasteiger charge is -2.13. The predicted molar refractivity (Wildman–Crippen MR) is 70.4 cm³/mol. The fourth-order valence-electron chi connectivity index (χ4n) is 1.72. The van der Waals surface area contributed by atoms with Crippen molar-refractivity contribution in [2.45, 2.75) is 12.8 Å². The van der Waals surface area contributed by atoms with Crippen LogP contribution in [0.2, 0.25) is 0 Å². The molecule has 20 heavy (non-hydrogen) atoms. The topological polar surface area (TPSA) is 102 Å². The number of nitrogens with one attached hydrogen (secondary N) is 1. The van der Waals surface area contributed by atoms with Gasteiger partial charge in [0.25, 0.3) is 11.6 Å². The summed E-state index contributed by atoms with van der Waals surface area (Å²) in [6.45, 7) is 0.377. The normalized spacial score (nSPS) is 15.4. The summed E-state index contributed by atoms with van der Waals surface area (Å²) in [4.78, 5) is 21.5. The van der Waals surface area contributed by atoms with Crippen LogP contribution in [0.1, 0.15) is 12.8 Å². The summed E-state index contributed by atoms with van der Waals surface area (Å²) in [5, 5.41) is 22.3. The maximum absolute atomic E-state index is 11.6. The third-order valence-corrected chi connectivity index (χ3v) is 3.37. The number of amides is 1. The quantitative estimate of drug-likeness (QED) is 0.570. The zero-order chi connectivity index (χ0) is 14.6. The van der Waals surface area contributed by atoms with Gasteiger partial charge in [0.1, 0.15) is 5.75 Å². The Morgan fingerprint density at radius 3 is 2.55 bits per heavy atom. The number of hydrogen-bond acceptors (Lipinski definition) is 5. The monoisotopic (exact) mass is 280 g/mol. The van der Waals surface area contributed by atoms with Gasteiger partial charge in [0.05, 0.1) is 11.5 Å². The number of ether oxygens (including phenoxy) is 1. The third-order valence-electron chi connectivity index (χ3n) is 3.37. The van der Waals surface area contributed by atoms with E-state index in [0.29, 0.717) is 12.3 Å². The molecular weight excluding hydrogens is 264 g/mol. The molecule has 0 bridgehead atoms. The van der Waals surface area contributed by atoms with E-state index in [4.69, 9.17) is 9.84 Å².